The fourth-order valence-electron chi connectivity index (χ4n) is 2.23. The molecule has 0 unspecified atom stereocenters. The maximum absolute atomic E-state index is 12.0. The molecule has 2 amide bonds. The highest BCUT2D eigenvalue weighted by Crippen LogP contribution is 2.20. The van der Waals surface area contributed by atoms with E-state index >= 15 is 0 Å². The van der Waals surface area contributed by atoms with Crippen molar-refractivity contribution in [2.45, 2.75) is 38.5 Å². The van der Waals surface area contributed by atoms with Crippen LogP contribution in [0.25, 0.3) is 0 Å². The lowest BCUT2D eigenvalue weighted by atomic mass is 10.1. The van der Waals surface area contributed by atoms with Gasteiger partial charge in [0.2, 0.25) is 5.91 Å². The average molecular weight is 291 g/mol. The molecule has 1 saturated heterocycles. The Bertz CT molecular complexity index is 501. The van der Waals surface area contributed by atoms with Gasteiger partial charge in [0, 0.05) is 25.7 Å². The summed E-state index contributed by atoms with van der Waals surface area (Å²) in [6, 6.07) is 7.35. The average Bonchev–Trinajstić information content (AvgIpc) is 2.95. The molecule has 1 heterocycles. The smallest absolute Gasteiger partial charge is 0.253 e. The molecule has 0 aliphatic carbocycles. The summed E-state index contributed by atoms with van der Waals surface area (Å²) in [4.78, 5) is 22.9. The second-order valence-electron chi connectivity index (χ2n) is 5.16. The van der Waals surface area contributed by atoms with Crippen LogP contribution >= 0.6 is 0 Å². The summed E-state index contributed by atoms with van der Waals surface area (Å²) in [5.74, 6) is -0.208. The third kappa shape index (κ3) is 4.54. The third-order valence-corrected chi connectivity index (χ3v) is 3.43. The van der Waals surface area contributed by atoms with Crippen LogP contribution in [0.3, 0.4) is 0 Å². The second-order valence-corrected chi connectivity index (χ2v) is 5.16. The van der Waals surface area contributed by atoms with Crippen molar-refractivity contribution < 1.29 is 14.3 Å². The Hall–Kier alpha value is -1.92. The molecule has 1 aromatic carbocycles. The number of benzene rings is 1. The highest BCUT2D eigenvalue weighted by molar-refractivity contribution is 5.94. The Balaban J connectivity index is 1.85. The summed E-state index contributed by atoms with van der Waals surface area (Å²) in [5, 5.41) is 5.55. The van der Waals surface area contributed by atoms with Gasteiger partial charge in [-0.05, 0) is 30.5 Å². The molecule has 0 aromatic heterocycles. The number of rotatable bonds is 5. The SMILES string of the molecule is CC(=O)NCc1ccc(NC(=O)[C@@H]2CC[C@H](CN)O2)cc1. The Morgan fingerprint density at radius 2 is 2.00 bits per heavy atom. The van der Waals surface area contributed by atoms with Crippen molar-refractivity contribution >= 4 is 17.5 Å². The van der Waals surface area contributed by atoms with E-state index in [0.29, 0.717) is 25.2 Å². The van der Waals surface area contributed by atoms with Gasteiger partial charge in [-0.15, -0.1) is 0 Å². The van der Waals surface area contributed by atoms with Crippen molar-refractivity contribution in [3.05, 3.63) is 29.8 Å². The van der Waals surface area contributed by atoms with E-state index in [1.807, 2.05) is 24.3 Å². The van der Waals surface area contributed by atoms with Gasteiger partial charge in [-0.2, -0.15) is 0 Å². The molecule has 1 fully saturated rings. The number of ether oxygens (including phenoxy) is 1. The second kappa shape index (κ2) is 7.19. The van der Waals surface area contributed by atoms with Crippen LogP contribution in [0, 0.1) is 0 Å². The molecule has 6 nitrogen and oxygen atoms in total. The third-order valence-electron chi connectivity index (χ3n) is 3.43. The number of amides is 2. The molecule has 1 aliphatic rings. The molecule has 2 rings (SSSR count). The van der Waals surface area contributed by atoms with Crippen LogP contribution in [-0.2, 0) is 20.9 Å². The van der Waals surface area contributed by atoms with Gasteiger partial charge in [-0.25, -0.2) is 0 Å². The van der Waals surface area contributed by atoms with Crippen LogP contribution < -0.4 is 16.4 Å². The maximum Gasteiger partial charge on any atom is 0.253 e. The monoisotopic (exact) mass is 291 g/mol. The van der Waals surface area contributed by atoms with Crippen molar-refractivity contribution in [3.8, 4) is 0 Å². The zero-order chi connectivity index (χ0) is 15.2. The van der Waals surface area contributed by atoms with Gasteiger partial charge in [-0.3, -0.25) is 9.59 Å². The van der Waals surface area contributed by atoms with Gasteiger partial charge in [0.05, 0.1) is 6.10 Å². The fourth-order valence-corrected chi connectivity index (χ4v) is 2.23. The maximum atomic E-state index is 12.0. The van der Waals surface area contributed by atoms with Gasteiger partial charge < -0.3 is 21.1 Å². The molecule has 4 N–H and O–H groups in total. The van der Waals surface area contributed by atoms with E-state index < -0.39 is 6.10 Å². The Morgan fingerprint density at radius 1 is 1.29 bits per heavy atom. The minimum atomic E-state index is -0.419. The molecule has 0 saturated carbocycles. The molecule has 0 spiro atoms. The van der Waals surface area contributed by atoms with Crippen LogP contribution in [0.2, 0.25) is 0 Å². The predicted octanol–water partition coefficient (Wildman–Crippen LogP) is 0.768. The standard InChI is InChI=1S/C15H21N3O3/c1-10(19)17-9-11-2-4-12(5-3-11)18-15(20)14-7-6-13(8-16)21-14/h2-5,13-14H,6-9,16H2,1H3,(H,17,19)(H,18,20)/t13-,14+/m1/s1. The van der Waals surface area contributed by atoms with E-state index in [-0.39, 0.29) is 17.9 Å². The number of nitrogens with one attached hydrogen (secondary N) is 2. The Morgan fingerprint density at radius 3 is 2.57 bits per heavy atom. The number of hydrogen-bond donors (Lipinski definition) is 3. The van der Waals surface area contributed by atoms with Gasteiger partial charge in [0.25, 0.3) is 5.91 Å². The van der Waals surface area contributed by atoms with Crippen molar-refractivity contribution in [2.24, 2.45) is 5.73 Å². The van der Waals surface area contributed by atoms with Crippen molar-refractivity contribution in [2.75, 3.05) is 11.9 Å². The molecule has 0 radical (unpaired) electrons. The lowest BCUT2D eigenvalue weighted by Gasteiger charge is -2.13. The molecular weight excluding hydrogens is 270 g/mol. The van der Waals surface area contributed by atoms with E-state index in [1.165, 1.54) is 6.92 Å². The first-order valence-corrected chi connectivity index (χ1v) is 7.08. The summed E-state index contributed by atoms with van der Waals surface area (Å²) in [6.45, 7) is 2.40. The van der Waals surface area contributed by atoms with E-state index in [9.17, 15) is 9.59 Å². The number of nitrogens with two attached hydrogens (primary N) is 1. The number of hydrogen-bond acceptors (Lipinski definition) is 4. The van der Waals surface area contributed by atoms with Gasteiger partial charge in [0.15, 0.2) is 0 Å². The number of anilines is 1. The molecule has 0 bridgehead atoms. The minimum absolute atomic E-state index is 0.0132. The number of carbonyl (C=O) groups is 2. The summed E-state index contributed by atoms with van der Waals surface area (Å²) in [7, 11) is 0. The first-order chi connectivity index (χ1) is 10.1. The summed E-state index contributed by atoms with van der Waals surface area (Å²) < 4.78 is 5.55. The van der Waals surface area contributed by atoms with E-state index in [1.54, 1.807) is 0 Å². The fraction of sp³-hybridized carbons (Fsp3) is 0.467. The summed E-state index contributed by atoms with van der Waals surface area (Å²) >= 11 is 0. The van der Waals surface area contributed by atoms with E-state index in [4.69, 9.17) is 10.5 Å². The quantitative estimate of drug-likeness (QED) is 0.747. The molecule has 114 valence electrons. The highest BCUT2D eigenvalue weighted by atomic mass is 16.5. The van der Waals surface area contributed by atoms with Crippen LogP contribution in [0.4, 0.5) is 5.69 Å². The lowest BCUT2D eigenvalue weighted by Crippen LogP contribution is -2.29. The topological polar surface area (TPSA) is 93.5 Å². The van der Waals surface area contributed by atoms with Crippen LogP contribution in [-0.4, -0.2) is 30.6 Å². The van der Waals surface area contributed by atoms with E-state index in [2.05, 4.69) is 10.6 Å². The highest BCUT2D eigenvalue weighted by Gasteiger charge is 2.29. The summed E-state index contributed by atoms with van der Waals surface area (Å²) in [6.07, 6.45) is 1.09. The molecule has 1 aromatic rings. The van der Waals surface area contributed by atoms with E-state index in [0.717, 1.165) is 12.0 Å². The first kappa shape index (κ1) is 15.5. The Kier molecular flexibility index (Phi) is 5.30. The predicted molar refractivity (Wildman–Crippen MR) is 79.5 cm³/mol. The Labute approximate surface area is 124 Å². The zero-order valence-electron chi connectivity index (χ0n) is 12.1. The van der Waals surface area contributed by atoms with Crippen LogP contribution in [0.5, 0.6) is 0 Å². The molecule has 21 heavy (non-hydrogen) atoms. The number of carbonyl (C=O) groups excluding carboxylic acids is 2. The molecule has 6 heteroatoms. The first-order valence-electron chi connectivity index (χ1n) is 7.08. The van der Waals surface area contributed by atoms with Crippen molar-refractivity contribution in [3.63, 3.8) is 0 Å². The molecular formula is C15H21N3O3. The molecule has 2 atom stereocenters. The zero-order valence-corrected chi connectivity index (χ0v) is 12.1. The van der Waals surface area contributed by atoms with Gasteiger partial charge >= 0.3 is 0 Å². The van der Waals surface area contributed by atoms with Crippen molar-refractivity contribution in [1.82, 2.24) is 5.32 Å². The minimum Gasteiger partial charge on any atom is -0.364 e. The lowest BCUT2D eigenvalue weighted by molar-refractivity contribution is -0.126. The normalized spacial score (nSPS) is 21.0. The van der Waals surface area contributed by atoms with Crippen molar-refractivity contribution in [1.29, 1.82) is 0 Å². The van der Waals surface area contributed by atoms with Crippen LogP contribution in [0.1, 0.15) is 25.3 Å². The van der Waals surface area contributed by atoms with Crippen LogP contribution in [0.15, 0.2) is 24.3 Å². The van der Waals surface area contributed by atoms with Gasteiger partial charge in [-0.1, -0.05) is 12.1 Å². The molecule has 1 aliphatic heterocycles. The van der Waals surface area contributed by atoms with Gasteiger partial charge in [0.1, 0.15) is 6.10 Å². The largest absolute Gasteiger partial charge is 0.364 e. The summed E-state index contributed by atoms with van der Waals surface area (Å²) in [5.41, 5.74) is 7.22.